The fourth-order valence-electron chi connectivity index (χ4n) is 8.47. The number of aryl methyl sites for hydroxylation is 1. The molecule has 0 saturated carbocycles. The SMILES string of the molecule is CC(C)(CC(O)(Cc1ccnc2ccccc12)C(F)(F)F)c1ccnc2ccccc12.COc1ccc(F)cc1C(C)(C)CC(O)(Cc1cc2c(C)cccc2[nH]1)C(F)(F)F. The molecule has 4 aromatic carbocycles. The number of ether oxygens (including phenoxy) is 1. The molecule has 0 spiro atoms. The number of aliphatic hydroxyl groups is 2. The second kappa shape index (κ2) is 16.7. The van der Waals surface area contributed by atoms with Crippen LogP contribution in [0, 0.1) is 12.7 Å². The minimum atomic E-state index is -4.89. The molecule has 0 fully saturated rings. The Labute approximate surface area is 349 Å². The number of rotatable bonds is 11. The van der Waals surface area contributed by atoms with Crippen molar-refractivity contribution in [1.82, 2.24) is 15.0 Å². The van der Waals surface area contributed by atoms with Crippen LogP contribution in [0.4, 0.5) is 30.7 Å². The third-order valence-electron chi connectivity index (χ3n) is 11.4. The van der Waals surface area contributed by atoms with Gasteiger partial charge in [-0.15, -0.1) is 0 Å². The molecule has 0 amide bonds. The zero-order valence-electron chi connectivity index (χ0n) is 34.6. The Kier molecular flexibility index (Phi) is 12.3. The van der Waals surface area contributed by atoms with E-state index in [0.717, 1.165) is 28.0 Å². The number of aromatic nitrogens is 3. The highest BCUT2D eigenvalue weighted by Gasteiger charge is 2.57. The quantitative estimate of drug-likeness (QED) is 0.113. The molecule has 3 heterocycles. The van der Waals surface area contributed by atoms with Gasteiger partial charge in [-0.05, 0) is 102 Å². The van der Waals surface area contributed by atoms with Gasteiger partial charge in [-0.25, -0.2) is 4.39 Å². The maximum Gasteiger partial charge on any atom is 0.417 e. The normalized spacial score (nSPS) is 14.7. The first-order chi connectivity index (χ1) is 28.5. The third-order valence-corrected chi connectivity index (χ3v) is 11.4. The first-order valence-corrected chi connectivity index (χ1v) is 19.6. The van der Waals surface area contributed by atoms with Crippen LogP contribution < -0.4 is 4.74 Å². The highest BCUT2D eigenvalue weighted by atomic mass is 19.4. The van der Waals surface area contributed by atoms with Crippen molar-refractivity contribution in [1.29, 1.82) is 0 Å². The molecule has 322 valence electrons. The van der Waals surface area contributed by atoms with E-state index in [1.807, 2.05) is 43.3 Å². The first-order valence-electron chi connectivity index (χ1n) is 19.6. The second-order valence-corrected chi connectivity index (χ2v) is 17.1. The summed E-state index contributed by atoms with van der Waals surface area (Å²) in [6.45, 7) is 8.41. The molecule has 7 rings (SSSR count). The predicted molar refractivity (Wildman–Crippen MR) is 224 cm³/mol. The number of H-pyrrole nitrogens is 1. The number of methoxy groups -OCH3 is 1. The maximum atomic E-state index is 14.3. The van der Waals surface area contributed by atoms with Crippen LogP contribution in [0.25, 0.3) is 32.7 Å². The van der Waals surface area contributed by atoms with Crippen LogP contribution in [0.2, 0.25) is 0 Å². The second-order valence-electron chi connectivity index (χ2n) is 17.1. The number of aromatic amines is 1. The van der Waals surface area contributed by atoms with Crippen molar-refractivity contribution in [3.8, 4) is 5.75 Å². The lowest BCUT2D eigenvalue weighted by Gasteiger charge is -2.38. The van der Waals surface area contributed by atoms with Crippen molar-refractivity contribution < 1.29 is 45.7 Å². The number of para-hydroxylation sites is 2. The van der Waals surface area contributed by atoms with Crippen LogP contribution in [0.1, 0.15) is 68.5 Å². The molecule has 2 unspecified atom stereocenters. The topological polar surface area (TPSA) is 91.3 Å². The van der Waals surface area contributed by atoms with E-state index in [0.29, 0.717) is 27.5 Å². The lowest BCUT2D eigenvalue weighted by molar-refractivity contribution is -0.266. The molecular weight excluding hydrogens is 800 g/mol. The Bertz CT molecular complexity index is 2640. The van der Waals surface area contributed by atoms with Crippen molar-refractivity contribution in [3.05, 3.63) is 149 Å². The number of benzene rings is 4. The Morgan fingerprint density at radius 3 is 1.77 bits per heavy atom. The van der Waals surface area contributed by atoms with Gasteiger partial charge in [-0.1, -0.05) is 76.2 Å². The van der Waals surface area contributed by atoms with Gasteiger partial charge in [0.05, 0.1) is 18.1 Å². The maximum absolute atomic E-state index is 14.3. The molecule has 61 heavy (non-hydrogen) atoms. The number of halogens is 7. The van der Waals surface area contributed by atoms with Crippen LogP contribution in [0.5, 0.6) is 5.75 Å². The standard InChI is InChI=1S/C25H23F3N2O.C23H25F4NO2/c1-23(2,20-12-14-30-22-10-6-4-8-19(20)22)16-24(31,25(26,27)28)15-17-11-13-29-21-9-5-3-7-18(17)21;1-14-6-5-7-19-17(14)11-16(28-19)12-22(29,23(25,26)27)13-21(2,3)18-10-15(24)8-9-20(18)30-4/h3-14,31H,15-16H2,1-2H3;5-11,28-29H,12-13H2,1-4H3. The molecule has 0 aliphatic heterocycles. The van der Waals surface area contributed by atoms with Crippen LogP contribution >= 0.6 is 0 Å². The number of pyridine rings is 2. The summed E-state index contributed by atoms with van der Waals surface area (Å²) in [4.78, 5) is 11.5. The van der Waals surface area contributed by atoms with E-state index in [-0.39, 0.29) is 17.0 Å². The van der Waals surface area contributed by atoms with E-state index >= 15 is 0 Å². The Morgan fingerprint density at radius 2 is 1.16 bits per heavy atom. The Balaban J connectivity index is 0.000000204. The monoisotopic (exact) mass is 847 g/mol. The van der Waals surface area contributed by atoms with Crippen molar-refractivity contribution in [2.75, 3.05) is 7.11 Å². The molecule has 6 nitrogen and oxygen atoms in total. The first kappa shape index (κ1) is 45.0. The predicted octanol–water partition coefficient (Wildman–Crippen LogP) is 11.8. The summed E-state index contributed by atoms with van der Waals surface area (Å²) in [5, 5.41) is 24.1. The van der Waals surface area contributed by atoms with Crippen LogP contribution in [0.3, 0.4) is 0 Å². The molecule has 2 atom stereocenters. The molecule has 0 saturated heterocycles. The highest BCUT2D eigenvalue weighted by Crippen LogP contribution is 2.47. The minimum Gasteiger partial charge on any atom is -0.496 e. The lowest BCUT2D eigenvalue weighted by Crippen LogP contribution is -2.51. The smallest absolute Gasteiger partial charge is 0.417 e. The van der Waals surface area contributed by atoms with E-state index < -0.39 is 65.9 Å². The van der Waals surface area contributed by atoms with Gasteiger partial charge >= 0.3 is 12.4 Å². The van der Waals surface area contributed by atoms with Crippen LogP contribution in [-0.2, 0) is 23.7 Å². The zero-order chi connectivity index (χ0) is 44.6. The van der Waals surface area contributed by atoms with Crippen LogP contribution in [0.15, 0.2) is 116 Å². The molecule has 3 aromatic heterocycles. The molecule has 0 aliphatic rings. The van der Waals surface area contributed by atoms with Gasteiger partial charge < -0.3 is 19.9 Å². The fraction of sp³-hybridized carbons (Fsp3) is 0.333. The lowest BCUT2D eigenvalue weighted by atomic mass is 9.72. The molecule has 3 N–H and O–H groups in total. The number of alkyl halides is 6. The van der Waals surface area contributed by atoms with Crippen molar-refractivity contribution in [2.45, 2.75) is 94.7 Å². The summed E-state index contributed by atoms with van der Waals surface area (Å²) in [6.07, 6.45) is -8.98. The van der Waals surface area contributed by atoms with Gasteiger partial charge in [0, 0.05) is 58.2 Å². The van der Waals surface area contributed by atoms with E-state index in [9.17, 15) is 40.9 Å². The van der Waals surface area contributed by atoms with E-state index in [2.05, 4.69) is 15.0 Å². The van der Waals surface area contributed by atoms with E-state index in [4.69, 9.17) is 4.74 Å². The summed E-state index contributed by atoms with van der Waals surface area (Å²) in [5.74, 6) is -0.312. The number of hydrogen-bond donors (Lipinski definition) is 3. The molecule has 13 heteroatoms. The summed E-state index contributed by atoms with van der Waals surface area (Å²) in [7, 11) is 1.37. The van der Waals surface area contributed by atoms with E-state index in [1.54, 1.807) is 68.6 Å². The van der Waals surface area contributed by atoms with Gasteiger partial charge in [0.15, 0.2) is 11.2 Å². The Hall–Kier alpha value is -5.53. The van der Waals surface area contributed by atoms with E-state index in [1.165, 1.54) is 39.3 Å². The van der Waals surface area contributed by atoms with Crippen molar-refractivity contribution in [2.24, 2.45) is 0 Å². The largest absolute Gasteiger partial charge is 0.496 e. The molecule has 0 bridgehead atoms. The molecular formula is C48H48F7N3O3. The van der Waals surface area contributed by atoms with Crippen molar-refractivity contribution >= 4 is 32.7 Å². The number of nitrogens with one attached hydrogen (secondary N) is 1. The summed E-state index contributed by atoms with van der Waals surface area (Å²) in [6, 6.07) is 28.5. The summed E-state index contributed by atoms with van der Waals surface area (Å²) >= 11 is 0. The minimum absolute atomic E-state index is 0.264. The van der Waals surface area contributed by atoms with Gasteiger partial charge in [0.1, 0.15) is 11.6 Å². The van der Waals surface area contributed by atoms with Crippen LogP contribution in [-0.4, -0.2) is 55.8 Å². The number of fused-ring (bicyclic) bond motifs is 3. The van der Waals surface area contributed by atoms with Gasteiger partial charge in [0.2, 0.25) is 0 Å². The molecule has 0 radical (unpaired) electrons. The van der Waals surface area contributed by atoms with Crippen molar-refractivity contribution in [3.63, 3.8) is 0 Å². The van der Waals surface area contributed by atoms with Gasteiger partial charge in [-0.2, -0.15) is 26.3 Å². The zero-order valence-corrected chi connectivity index (χ0v) is 34.6. The third kappa shape index (κ3) is 9.53. The average Bonchev–Trinajstić information content (AvgIpc) is 3.60. The number of hydrogen-bond acceptors (Lipinski definition) is 5. The summed E-state index contributed by atoms with van der Waals surface area (Å²) in [5.41, 5.74) is -3.49. The van der Waals surface area contributed by atoms with Gasteiger partial charge in [0.25, 0.3) is 0 Å². The summed E-state index contributed by atoms with van der Waals surface area (Å²) < 4.78 is 104. The highest BCUT2D eigenvalue weighted by molar-refractivity contribution is 5.84. The molecule has 0 aliphatic carbocycles. The Morgan fingerprint density at radius 1 is 0.607 bits per heavy atom. The van der Waals surface area contributed by atoms with Gasteiger partial charge in [-0.3, -0.25) is 9.97 Å². The molecule has 7 aromatic rings. The number of nitrogens with zero attached hydrogens (tertiary/aromatic N) is 2. The fourth-order valence-corrected chi connectivity index (χ4v) is 8.47. The average molecular weight is 848 g/mol.